The maximum Gasteiger partial charge on any atom is 0.243 e. The molecule has 1 saturated heterocycles. The van der Waals surface area contributed by atoms with Crippen LogP contribution in [0.15, 0.2) is 77.2 Å². The number of hydrogen-bond acceptors (Lipinski definition) is 2. The summed E-state index contributed by atoms with van der Waals surface area (Å²) in [5.41, 5.74) is 2.67. The van der Waals surface area contributed by atoms with E-state index < -0.39 is 10.0 Å². The van der Waals surface area contributed by atoms with Crippen LogP contribution in [-0.2, 0) is 10.0 Å². The summed E-state index contributed by atoms with van der Waals surface area (Å²) >= 11 is 6.84. The van der Waals surface area contributed by atoms with Crippen molar-refractivity contribution < 1.29 is 8.42 Å². The van der Waals surface area contributed by atoms with Gasteiger partial charge in [0.1, 0.15) is 0 Å². The predicted molar refractivity (Wildman–Crippen MR) is 115 cm³/mol. The van der Waals surface area contributed by atoms with Gasteiger partial charge in [-0.1, -0.05) is 71.8 Å². The number of benzene rings is 2. The zero-order chi connectivity index (χ0) is 19.8. The smallest absolute Gasteiger partial charge is 0.207 e. The standard InChI is InChI=1S/C23H24ClNO2S/c1-18-10-12-20(13-11-18)28(26,27)25-16-21(22(24)19-8-4-2-5-9-19)23(17-25)14-6-3-7-15-23/h2,4-6,8-14H,3,7,15-17H2,1H3/b22-21+/t23-/m1/s1. The molecule has 0 N–H and O–H groups in total. The summed E-state index contributed by atoms with van der Waals surface area (Å²) < 4.78 is 28.2. The Kier molecular flexibility index (Phi) is 5.21. The number of rotatable bonds is 3. The minimum atomic E-state index is -3.57. The van der Waals surface area contributed by atoms with Crippen molar-refractivity contribution in [1.29, 1.82) is 0 Å². The van der Waals surface area contributed by atoms with E-state index in [1.807, 2.05) is 49.4 Å². The molecule has 0 amide bonds. The van der Waals surface area contributed by atoms with E-state index in [1.54, 1.807) is 16.4 Å². The molecular weight excluding hydrogens is 390 g/mol. The lowest BCUT2D eigenvalue weighted by atomic mass is 9.74. The topological polar surface area (TPSA) is 37.4 Å². The molecule has 4 rings (SSSR count). The number of allylic oxidation sites excluding steroid dienone is 1. The SMILES string of the molecule is Cc1ccc(S(=O)(=O)N2C/C(=C(\Cl)c3ccccc3)[C@@]3(C=CCCC3)C2)cc1. The molecule has 28 heavy (non-hydrogen) atoms. The van der Waals surface area contributed by atoms with Crippen molar-refractivity contribution in [3.63, 3.8) is 0 Å². The van der Waals surface area contributed by atoms with Gasteiger partial charge in [-0.3, -0.25) is 0 Å². The molecule has 1 aliphatic heterocycles. The monoisotopic (exact) mass is 413 g/mol. The molecule has 1 spiro atoms. The van der Waals surface area contributed by atoms with Crippen LogP contribution in [-0.4, -0.2) is 25.8 Å². The lowest BCUT2D eigenvalue weighted by Crippen LogP contribution is -2.32. The van der Waals surface area contributed by atoms with E-state index in [2.05, 4.69) is 12.2 Å². The summed E-state index contributed by atoms with van der Waals surface area (Å²) in [6.07, 6.45) is 7.34. The van der Waals surface area contributed by atoms with Gasteiger partial charge in [0, 0.05) is 23.5 Å². The Morgan fingerprint density at radius 1 is 1.07 bits per heavy atom. The number of halogens is 1. The highest BCUT2D eigenvalue weighted by atomic mass is 35.5. The quantitative estimate of drug-likeness (QED) is 0.634. The summed E-state index contributed by atoms with van der Waals surface area (Å²) in [6.45, 7) is 2.72. The fourth-order valence-corrected chi connectivity index (χ4v) is 6.04. The molecule has 0 bridgehead atoms. The van der Waals surface area contributed by atoms with E-state index in [1.165, 1.54) is 0 Å². The third-order valence-electron chi connectivity index (χ3n) is 5.78. The van der Waals surface area contributed by atoms with Crippen molar-refractivity contribution in [3.05, 3.63) is 83.4 Å². The predicted octanol–water partition coefficient (Wildman–Crippen LogP) is 5.38. The van der Waals surface area contributed by atoms with E-state index in [4.69, 9.17) is 11.6 Å². The average Bonchev–Trinajstić information content (AvgIpc) is 3.08. The first kappa shape index (κ1) is 19.4. The summed E-state index contributed by atoms with van der Waals surface area (Å²) in [7, 11) is -3.57. The first-order chi connectivity index (χ1) is 13.4. The Morgan fingerprint density at radius 3 is 2.43 bits per heavy atom. The zero-order valence-corrected chi connectivity index (χ0v) is 17.5. The molecule has 0 aromatic heterocycles. The van der Waals surface area contributed by atoms with Gasteiger partial charge in [0.05, 0.1) is 4.90 Å². The van der Waals surface area contributed by atoms with Crippen LogP contribution in [0.4, 0.5) is 0 Å². The van der Waals surface area contributed by atoms with E-state index in [-0.39, 0.29) is 5.41 Å². The van der Waals surface area contributed by atoms with Crippen molar-refractivity contribution in [2.24, 2.45) is 5.41 Å². The molecule has 2 aromatic rings. The third-order valence-corrected chi connectivity index (χ3v) is 8.03. The van der Waals surface area contributed by atoms with Gasteiger partial charge < -0.3 is 0 Å². The second-order valence-corrected chi connectivity index (χ2v) is 10.0. The maximum absolute atomic E-state index is 13.3. The molecule has 1 heterocycles. The van der Waals surface area contributed by atoms with E-state index in [0.717, 1.165) is 36.0 Å². The fraction of sp³-hybridized carbons (Fsp3) is 0.304. The summed E-state index contributed by atoms with van der Waals surface area (Å²) in [5.74, 6) is 0. The van der Waals surface area contributed by atoms with E-state index in [9.17, 15) is 8.42 Å². The molecule has 3 nitrogen and oxygen atoms in total. The molecule has 0 radical (unpaired) electrons. The highest BCUT2D eigenvalue weighted by Crippen LogP contribution is 2.49. The fourth-order valence-electron chi connectivity index (χ4n) is 4.19. The Balaban J connectivity index is 1.78. The van der Waals surface area contributed by atoms with Crippen LogP contribution in [0.2, 0.25) is 0 Å². The number of hydrogen-bond donors (Lipinski definition) is 0. The van der Waals surface area contributed by atoms with E-state index >= 15 is 0 Å². The van der Waals surface area contributed by atoms with Crippen LogP contribution in [0.1, 0.15) is 30.4 Å². The van der Waals surface area contributed by atoms with Crippen LogP contribution in [0.25, 0.3) is 5.03 Å². The number of aryl methyl sites for hydroxylation is 1. The van der Waals surface area contributed by atoms with Crippen LogP contribution >= 0.6 is 11.6 Å². The lowest BCUT2D eigenvalue weighted by Gasteiger charge is -2.31. The molecule has 2 aromatic carbocycles. The van der Waals surface area contributed by atoms with Crippen LogP contribution in [0.5, 0.6) is 0 Å². The Bertz CT molecular complexity index is 1030. The van der Waals surface area contributed by atoms with Crippen molar-refractivity contribution in [2.75, 3.05) is 13.1 Å². The van der Waals surface area contributed by atoms with Gasteiger partial charge in [-0.25, -0.2) is 8.42 Å². The highest BCUT2D eigenvalue weighted by molar-refractivity contribution is 7.89. The van der Waals surface area contributed by atoms with E-state index in [0.29, 0.717) is 23.0 Å². The summed E-state index contributed by atoms with van der Waals surface area (Å²) in [5, 5.41) is 0.675. The van der Waals surface area contributed by atoms with Crippen LogP contribution in [0, 0.1) is 12.3 Å². The van der Waals surface area contributed by atoms with Gasteiger partial charge >= 0.3 is 0 Å². The molecule has 0 saturated carbocycles. The van der Waals surface area contributed by atoms with Crippen molar-refractivity contribution in [3.8, 4) is 0 Å². The van der Waals surface area contributed by atoms with Gasteiger partial charge in [-0.2, -0.15) is 4.31 Å². The average molecular weight is 414 g/mol. The minimum Gasteiger partial charge on any atom is -0.207 e. The second kappa shape index (κ2) is 7.51. The largest absolute Gasteiger partial charge is 0.243 e. The van der Waals surface area contributed by atoms with Gasteiger partial charge in [-0.05, 0) is 49.5 Å². The Labute approximate surface area is 172 Å². The van der Waals surface area contributed by atoms with Gasteiger partial charge in [0.25, 0.3) is 0 Å². The minimum absolute atomic E-state index is 0.317. The van der Waals surface area contributed by atoms with Gasteiger partial charge in [-0.15, -0.1) is 0 Å². The summed E-state index contributed by atoms with van der Waals surface area (Å²) in [6, 6.07) is 16.9. The molecule has 0 unspecified atom stereocenters. The summed E-state index contributed by atoms with van der Waals surface area (Å²) in [4.78, 5) is 0.338. The molecule has 5 heteroatoms. The third kappa shape index (κ3) is 3.45. The Morgan fingerprint density at radius 2 is 1.79 bits per heavy atom. The lowest BCUT2D eigenvalue weighted by molar-refractivity contribution is 0.371. The number of sulfonamides is 1. The van der Waals surface area contributed by atoms with Crippen molar-refractivity contribution in [2.45, 2.75) is 31.1 Å². The first-order valence-electron chi connectivity index (χ1n) is 9.61. The first-order valence-corrected chi connectivity index (χ1v) is 11.4. The zero-order valence-electron chi connectivity index (χ0n) is 15.9. The Hall–Kier alpha value is -1.88. The second-order valence-electron chi connectivity index (χ2n) is 7.70. The number of nitrogens with zero attached hydrogens (tertiary/aromatic N) is 1. The molecule has 1 fully saturated rings. The van der Waals surface area contributed by atoms with Crippen LogP contribution < -0.4 is 0 Å². The molecule has 146 valence electrons. The molecule has 1 atom stereocenters. The normalized spacial score (nSPS) is 24.6. The van der Waals surface area contributed by atoms with Crippen molar-refractivity contribution >= 4 is 26.7 Å². The maximum atomic E-state index is 13.3. The van der Waals surface area contributed by atoms with Gasteiger partial charge in [0.15, 0.2) is 0 Å². The van der Waals surface area contributed by atoms with Crippen molar-refractivity contribution in [1.82, 2.24) is 4.31 Å². The highest BCUT2D eigenvalue weighted by Gasteiger charge is 2.46. The molecule has 2 aliphatic rings. The molecule has 1 aliphatic carbocycles. The van der Waals surface area contributed by atoms with Gasteiger partial charge in [0.2, 0.25) is 10.0 Å². The molecular formula is C23H24ClNO2S. The van der Waals surface area contributed by atoms with Crippen LogP contribution in [0.3, 0.4) is 0 Å².